The van der Waals surface area contributed by atoms with Crippen molar-refractivity contribution in [1.29, 1.82) is 0 Å². The molecule has 2 fully saturated rings. The number of amides is 1. The first kappa shape index (κ1) is 10.9. The highest BCUT2D eigenvalue weighted by Crippen LogP contribution is 2.33. The number of nitrogens with two attached hydrogens (primary N) is 2. The third-order valence-corrected chi connectivity index (χ3v) is 3.82. The average Bonchev–Trinajstić information content (AvgIpc) is 2.62. The number of carbonyl (C=O) groups is 1. The number of nitrogens with zero attached hydrogens (tertiary/aromatic N) is 1. The number of likely N-dealkylation sites (tertiary alicyclic amines) is 1. The van der Waals surface area contributed by atoms with E-state index in [4.69, 9.17) is 11.5 Å². The molecule has 1 heterocycles. The van der Waals surface area contributed by atoms with Crippen molar-refractivity contribution >= 4 is 5.91 Å². The minimum Gasteiger partial charge on any atom is -0.338 e. The summed E-state index contributed by atoms with van der Waals surface area (Å²) in [6.45, 7) is 1.46. The third kappa shape index (κ3) is 2.16. The van der Waals surface area contributed by atoms with Crippen LogP contribution in [0.15, 0.2) is 0 Å². The summed E-state index contributed by atoms with van der Waals surface area (Å²) in [6, 6.07) is 0.265. The molecule has 0 radical (unpaired) electrons. The maximum absolute atomic E-state index is 12.0. The van der Waals surface area contributed by atoms with E-state index < -0.39 is 0 Å². The highest BCUT2D eigenvalue weighted by atomic mass is 16.2. The second-order valence-electron chi connectivity index (χ2n) is 5.01. The lowest BCUT2D eigenvalue weighted by atomic mass is 9.75. The van der Waals surface area contributed by atoms with Gasteiger partial charge in [-0.1, -0.05) is 0 Å². The van der Waals surface area contributed by atoms with Gasteiger partial charge in [-0.2, -0.15) is 0 Å². The molecule has 0 bridgehead atoms. The highest BCUT2D eigenvalue weighted by molar-refractivity contribution is 5.78. The molecule has 1 saturated heterocycles. The first-order valence-electron chi connectivity index (χ1n) is 5.93. The first-order valence-corrected chi connectivity index (χ1v) is 5.93. The number of carbonyl (C=O) groups excluding carboxylic acids is 1. The van der Waals surface area contributed by atoms with Crippen molar-refractivity contribution in [3.05, 3.63) is 0 Å². The molecule has 1 aliphatic carbocycles. The molecule has 0 aromatic heterocycles. The van der Waals surface area contributed by atoms with E-state index in [0.717, 1.165) is 32.2 Å². The van der Waals surface area contributed by atoms with Gasteiger partial charge in [-0.3, -0.25) is 4.79 Å². The van der Waals surface area contributed by atoms with Crippen molar-refractivity contribution in [3.8, 4) is 0 Å². The molecule has 2 aliphatic rings. The Balaban J connectivity index is 1.89. The normalized spacial score (nSPS) is 28.9. The standard InChI is InChI=1S/C11H21N3O/c12-8-9-3-1-6-14(9)10(15)7-11(13)4-2-5-11/h9H,1-8,12-13H2/t9-/m0/s1. The Kier molecular flexibility index (Phi) is 2.98. The van der Waals surface area contributed by atoms with Crippen LogP contribution in [0.3, 0.4) is 0 Å². The lowest BCUT2D eigenvalue weighted by Crippen LogP contribution is -2.51. The van der Waals surface area contributed by atoms with Crippen LogP contribution in [0.2, 0.25) is 0 Å². The van der Waals surface area contributed by atoms with E-state index in [0.29, 0.717) is 13.0 Å². The minimum atomic E-state index is -0.196. The molecular formula is C11H21N3O. The Morgan fingerprint density at radius 1 is 1.40 bits per heavy atom. The van der Waals surface area contributed by atoms with E-state index >= 15 is 0 Å². The largest absolute Gasteiger partial charge is 0.338 e. The zero-order chi connectivity index (χ0) is 10.9. The van der Waals surface area contributed by atoms with Gasteiger partial charge in [-0.25, -0.2) is 0 Å². The molecule has 0 spiro atoms. The molecule has 4 heteroatoms. The number of rotatable bonds is 3. The van der Waals surface area contributed by atoms with E-state index in [1.54, 1.807) is 0 Å². The molecule has 1 amide bonds. The Morgan fingerprint density at radius 3 is 2.67 bits per heavy atom. The van der Waals surface area contributed by atoms with Crippen LogP contribution in [0, 0.1) is 0 Å². The van der Waals surface area contributed by atoms with Crippen LogP contribution in [0.5, 0.6) is 0 Å². The quantitative estimate of drug-likeness (QED) is 0.701. The summed E-state index contributed by atoms with van der Waals surface area (Å²) in [5.41, 5.74) is 11.5. The van der Waals surface area contributed by atoms with Gasteiger partial charge in [0.15, 0.2) is 0 Å². The molecule has 1 saturated carbocycles. The topological polar surface area (TPSA) is 72.3 Å². The lowest BCUT2D eigenvalue weighted by Gasteiger charge is -2.39. The van der Waals surface area contributed by atoms with Gasteiger partial charge in [-0.15, -0.1) is 0 Å². The van der Waals surface area contributed by atoms with Crippen LogP contribution >= 0.6 is 0 Å². The van der Waals surface area contributed by atoms with Crippen molar-refractivity contribution in [2.24, 2.45) is 11.5 Å². The van der Waals surface area contributed by atoms with Gasteiger partial charge in [0.05, 0.1) is 0 Å². The van der Waals surface area contributed by atoms with E-state index in [-0.39, 0.29) is 17.5 Å². The van der Waals surface area contributed by atoms with Crippen molar-refractivity contribution in [3.63, 3.8) is 0 Å². The second kappa shape index (κ2) is 4.10. The Hall–Kier alpha value is -0.610. The summed E-state index contributed by atoms with van der Waals surface area (Å²) >= 11 is 0. The average molecular weight is 211 g/mol. The summed E-state index contributed by atoms with van der Waals surface area (Å²) < 4.78 is 0. The molecule has 2 rings (SSSR count). The van der Waals surface area contributed by atoms with Crippen molar-refractivity contribution in [2.45, 2.75) is 50.1 Å². The van der Waals surface area contributed by atoms with Gasteiger partial charge in [0.25, 0.3) is 0 Å². The van der Waals surface area contributed by atoms with Gasteiger partial charge in [0, 0.05) is 31.1 Å². The molecule has 86 valence electrons. The zero-order valence-corrected chi connectivity index (χ0v) is 9.24. The Labute approximate surface area is 91.0 Å². The van der Waals surface area contributed by atoms with E-state index in [1.807, 2.05) is 4.90 Å². The molecule has 1 aliphatic heterocycles. The molecule has 15 heavy (non-hydrogen) atoms. The predicted molar refractivity (Wildman–Crippen MR) is 59.2 cm³/mol. The molecule has 0 aromatic rings. The summed E-state index contributed by atoms with van der Waals surface area (Å²) in [5, 5.41) is 0. The molecule has 0 unspecified atom stereocenters. The van der Waals surface area contributed by atoms with Crippen LogP contribution in [-0.2, 0) is 4.79 Å². The van der Waals surface area contributed by atoms with Crippen LogP contribution in [-0.4, -0.2) is 35.5 Å². The maximum Gasteiger partial charge on any atom is 0.224 e. The third-order valence-electron chi connectivity index (χ3n) is 3.82. The summed E-state index contributed by atoms with van der Waals surface area (Å²) in [7, 11) is 0. The second-order valence-corrected chi connectivity index (χ2v) is 5.01. The van der Waals surface area contributed by atoms with Crippen LogP contribution in [0.4, 0.5) is 0 Å². The fourth-order valence-corrected chi connectivity index (χ4v) is 2.62. The van der Waals surface area contributed by atoms with Gasteiger partial charge in [0.2, 0.25) is 5.91 Å². The monoisotopic (exact) mass is 211 g/mol. The zero-order valence-electron chi connectivity index (χ0n) is 9.24. The molecule has 4 nitrogen and oxygen atoms in total. The van der Waals surface area contributed by atoms with Crippen molar-refractivity contribution < 1.29 is 4.79 Å². The van der Waals surface area contributed by atoms with Crippen molar-refractivity contribution in [1.82, 2.24) is 4.90 Å². The van der Waals surface area contributed by atoms with E-state index in [9.17, 15) is 4.79 Å². The van der Waals surface area contributed by atoms with E-state index in [1.165, 1.54) is 6.42 Å². The van der Waals surface area contributed by atoms with Crippen LogP contribution in [0.1, 0.15) is 38.5 Å². The fourth-order valence-electron chi connectivity index (χ4n) is 2.62. The van der Waals surface area contributed by atoms with Crippen LogP contribution < -0.4 is 11.5 Å². The van der Waals surface area contributed by atoms with Gasteiger partial charge in [-0.05, 0) is 32.1 Å². The summed E-state index contributed by atoms with van der Waals surface area (Å²) in [4.78, 5) is 14.0. The lowest BCUT2D eigenvalue weighted by molar-refractivity contribution is -0.133. The summed E-state index contributed by atoms with van der Waals surface area (Å²) in [5.74, 6) is 0.213. The van der Waals surface area contributed by atoms with E-state index in [2.05, 4.69) is 0 Å². The van der Waals surface area contributed by atoms with Gasteiger partial charge >= 0.3 is 0 Å². The fraction of sp³-hybridized carbons (Fsp3) is 0.909. The smallest absolute Gasteiger partial charge is 0.224 e. The first-order chi connectivity index (χ1) is 7.14. The van der Waals surface area contributed by atoms with Crippen molar-refractivity contribution in [2.75, 3.05) is 13.1 Å². The van der Waals surface area contributed by atoms with Gasteiger partial charge < -0.3 is 16.4 Å². The SMILES string of the molecule is NC[C@@H]1CCCN1C(=O)CC1(N)CCC1. The Morgan fingerprint density at radius 2 is 2.13 bits per heavy atom. The number of hydrogen-bond acceptors (Lipinski definition) is 3. The van der Waals surface area contributed by atoms with Gasteiger partial charge in [0.1, 0.15) is 0 Å². The molecule has 4 N–H and O–H groups in total. The molecule has 0 aromatic carbocycles. The minimum absolute atomic E-state index is 0.196. The summed E-state index contributed by atoms with van der Waals surface area (Å²) in [6.07, 6.45) is 5.83. The molecule has 1 atom stereocenters. The maximum atomic E-state index is 12.0. The number of hydrogen-bond donors (Lipinski definition) is 2. The van der Waals surface area contributed by atoms with Crippen LogP contribution in [0.25, 0.3) is 0 Å². The highest BCUT2D eigenvalue weighted by Gasteiger charge is 2.38. The Bertz CT molecular complexity index is 250. The predicted octanol–water partition coefficient (Wildman–Crippen LogP) is 0.208. The molecular weight excluding hydrogens is 190 g/mol.